The van der Waals surface area contributed by atoms with E-state index in [2.05, 4.69) is 60.0 Å². The summed E-state index contributed by atoms with van der Waals surface area (Å²) < 4.78 is 2.87. The van der Waals surface area contributed by atoms with E-state index in [1.165, 1.54) is 11.3 Å². The maximum Gasteiger partial charge on any atom is 0.261 e. The first-order chi connectivity index (χ1) is 9.51. The zero-order valence-electron chi connectivity index (χ0n) is 10.6. The van der Waals surface area contributed by atoms with Crippen molar-refractivity contribution in [3.8, 4) is 0 Å². The summed E-state index contributed by atoms with van der Waals surface area (Å²) in [5, 5.41) is 3.07. The van der Waals surface area contributed by atoms with Gasteiger partial charge in [0.25, 0.3) is 5.91 Å². The van der Waals surface area contributed by atoms with Crippen LogP contribution in [0.4, 0.5) is 0 Å². The molecule has 0 saturated carbocycles. The van der Waals surface area contributed by atoms with E-state index in [-0.39, 0.29) is 11.9 Å². The molecule has 2 nitrogen and oxygen atoms in total. The summed E-state index contributed by atoms with van der Waals surface area (Å²) in [6.07, 6.45) is 0.848. The molecule has 1 heterocycles. The topological polar surface area (TPSA) is 29.1 Å². The highest BCUT2D eigenvalue weighted by Crippen LogP contribution is 2.32. The van der Waals surface area contributed by atoms with E-state index in [1.807, 2.05) is 30.3 Å². The van der Waals surface area contributed by atoms with Gasteiger partial charge in [0.15, 0.2) is 0 Å². The molecule has 1 amide bonds. The SMILES string of the molecule is CCC(NC(=O)c1cc(Br)c(Br)s1)c1ccc(Br)cc1. The van der Waals surface area contributed by atoms with Crippen LogP contribution in [0, 0.1) is 0 Å². The third-order valence-corrected chi connectivity index (χ3v) is 6.64. The lowest BCUT2D eigenvalue weighted by atomic mass is 10.0. The molecule has 0 saturated heterocycles. The van der Waals surface area contributed by atoms with Crippen molar-refractivity contribution in [3.63, 3.8) is 0 Å². The molecule has 0 spiro atoms. The Morgan fingerprint density at radius 3 is 2.40 bits per heavy atom. The highest BCUT2D eigenvalue weighted by molar-refractivity contribution is 9.13. The first-order valence-corrected chi connectivity index (χ1v) is 9.22. The number of hydrogen-bond donors (Lipinski definition) is 1. The molecule has 1 aromatic carbocycles. The highest BCUT2D eigenvalue weighted by atomic mass is 79.9. The number of nitrogens with one attached hydrogen (secondary N) is 1. The largest absolute Gasteiger partial charge is 0.345 e. The summed E-state index contributed by atoms with van der Waals surface area (Å²) >= 11 is 11.6. The second-order valence-corrected chi connectivity index (χ2v) is 8.36. The molecule has 1 aromatic heterocycles. The minimum absolute atomic E-state index is 0.0234. The Morgan fingerprint density at radius 1 is 1.25 bits per heavy atom. The third kappa shape index (κ3) is 3.93. The Kier molecular flexibility index (Phi) is 5.84. The van der Waals surface area contributed by atoms with Crippen molar-refractivity contribution in [3.05, 3.63) is 53.5 Å². The van der Waals surface area contributed by atoms with Crippen LogP contribution in [-0.4, -0.2) is 5.91 Å². The van der Waals surface area contributed by atoms with Crippen molar-refractivity contribution in [2.45, 2.75) is 19.4 Å². The minimum Gasteiger partial charge on any atom is -0.345 e. The average molecular weight is 482 g/mol. The van der Waals surface area contributed by atoms with Crippen LogP contribution in [0.3, 0.4) is 0 Å². The van der Waals surface area contributed by atoms with Crippen LogP contribution in [0.15, 0.2) is 43.1 Å². The van der Waals surface area contributed by atoms with Crippen molar-refractivity contribution in [1.29, 1.82) is 0 Å². The van der Waals surface area contributed by atoms with E-state index in [4.69, 9.17) is 0 Å². The van der Waals surface area contributed by atoms with Crippen LogP contribution in [0.1, 0.15) is 34.6 Å². The van der Waals surface area contributed by atoms with E-state index in [9.17, 15) is 4.79 Å². The lowest BCUT2D eigenvalue weighted by molar-refractivity contribution is 0.0939. The zero-order valence-corrected chi connectivity index (χ0v) is 16.2. The van der Waals surface area contributed by atoms with Crippen LogP contribution in [0.2, 0.25) is 0 Å². The number of carbonyl (C=O) groups is 1. The first kappa shape index (κ1) is 16.2. The second-order valence-electron chi connectivity index (χ2n) is 4.22. The maximum absolute atomic E-state index is 12.3. The second kappa shape index (κ2) is 7.20. The number of hydrogen-bond acceptors (Lipinski definition) is 2. The smallest absolute Gasteiger partial charge is 0.261 e. The Balaban J connectivity index is 2.13. The van der Waals surface area contributed by atoms with Crippen LogP contribution in [0.25, 0.3) is 0 Å². The van der Waals surface area contributed by atoms with Gasteiger partial charge in [-0.25, -0.2) is 0 Å². The maximum atomic E-state index is 12.3. The summed E-state index contributed by atoms with van der Waals surface area (Å²) in [7, 11) is 0. The lowest BCUT2D eigenvalue weighted by Gasteiger charge is -2.17. The molecule has 0 aliphatic heterocycles. The molecular weight excluding hydrogens is 470 g/mol. The number of benzene rings is 1. The number of rotatable bonds is 4. The summed E-state index contributed by atoms with van der Waals surface area (Å²) in [5.41, 5.74) is 1.11. The quantitative estimate of drug-likeness (QED) is 0.577. The number of amides is 1. The molecule has 2 rings (SSSR count). The molecule has 0 aliphatic rings. The van der Waals surface area contributed by atoms with Gasteiger partial charge in [0.1, 0.15) is 0 Å². The van der Waals surface area contributed by atoms with Gasteiger partial charge >= 0.3 is 0 Å². The molecule has 6 heteroatoms. The monoisotopic (exact) mass is 479 g/mol. The van der Waals surface area contributed by atoms with Crippen LogP contribution in [-0.2, 0) is 0 Å². The fourth-order valence-corrected chi connectivity index (χ4v) is 4.01. The Bertz CT molecular complexity index is 590. The standard InChI is InChI=1S/C14H12Br3NOS/c1-2-11(8-3-5-9(15)6-4-8)18-14(19)12-7-10(16)13(17)20-12/h3-7,11H,2H2,1H3,(H,18,19). The Labute approximate surface area is 147 Å². The zero-order chi connectivity index (χ0) is 14.7. The molecule has 2 aromatic rings. The molecule has 20 heavy (non-hydrogen) atoms. The molecule has 1 atom stereocenters. The summed E-state index contributed by atoms with van der Waals surface area (Å²) in [6.45, 7) is 2.06. The van der Waals surface area contributed by atoms with Gasteiger partial charge in [-0.1, -0.05) is 35.0 Å². The van der Waals surface area contributed by atoms with Crippen molar-refractivity contribution < 1.29 is 4.79 Å². The Morgan fingerprint density at radius 2 is 1.90 bits per heavy atom. The van der Waals surface area contributed by atoms with E-state index in [0.29, 0.717) is 4.88 Å². The predicted molar refractivity (Wildman–Crippen MR) is 94.4 cm³/mol. The van der Waals surface area contributed by atoms with Crippen LogP contribution in [0.5, 0.6) is 0 Å². The van der Waals surface area contributed by atoms with Crippen LogP contribution < -0.4 is 5.32 Å². The normalized spacial score (nSPS) is 12.2. The van der Waals surface area contributed by atoms with Crippen molar-refractivity contribution in [2.24, 2.45) is 0 Å². The molecule has 0 aliphatic carbocycles. The van der Waals surface area contributed by atoms with E-state index >= 15 is 0 Å². The summed E-state index contributed by atoms with van der Waals surface area (Å²) in [5.74, 6) is -0.0452. The van der Waals surface area contributed by atoms with E-state index < -0.39 is 0 Å². The van der Waals surface area contributed by atoms with Crippen molar-refractivity contribution in [2.75, 3.05) is 0 Å². The summed E-state index contributed by atoms with van der Waals surface area (Å²) in [4.78, 5) is 13.0. The number of thiophene rings is 1. The van der Waals surface area contributed by atoms with Gasteiger partial charge in [-0.3, -0.25) is 4.79 Å². The van der Waals surface area contributed by atoms with Gasteiger partial charge in [0.05, 0.1) is 14.7 Å². The van der Waals surface area contributed by atoms with Gasteiger partial charge in [-0.05, 0) is 62.0 Å². The van der Waals surface area contributed by atoms with Gasteiger partial charge < -0.3 is 5.32 Å². The van der Waals surface area contributed by atoms with E-state index in [1.54, 1.807) is 0 Å². The average Bonchev–Trinajstić information content (AvgIpc) is 2.77. The predicted octanol–water partition coefficient (Wildman–Crippen LogP) is 5.92. The van der Waals surface area contributed by atoms with Gasteiger partial charge in [-0.2, -0.15) is 0 Å². The number of halogens is 3. The molecule has 1 unspecified atom stereocenters. The van der Waals surface area contributed by atoms with Gasteiger partial charge in [0, 0.05) is 8.95 Å². The molecule has 1 N–H and O–H groups in total. The van der Waals surface area contributed by atoms with Crippen molar-refractivity contribution in [1.82, 2.24) is 5.32 Å². The van der Waals surface area contributed by atoms with Crippen molar-refractivity contribution >= 4 is 65.0 Å². The lowest BCUT2D eigenvalue weighted by Crippen LogP contribution is -2.27. The van der Waals surface area contributed by atoms with Crippen LogP contribution >= 0.6 is 59.1 Å². The third-order valence-electron chi connectivity index (χ3n) is 2.85. The minimum atomic E-state index is -0.0452. The summed E-state index contributed by atoms with van der Waals surface area (Å²) in [6, 6.07) is 9.89. The fraction of sp³-hybridized carbons (Fsp3) is 0.214. The molecule has 0 radical (unpaired) electrons. The van der Waals surface area contributed by atoms with E-state index in [0.717, 1.165) is 24.7 Å². The molecular formula is C14H12Br3NOS. The molecule has 0 bridgehead atoms. The number of carbonyl (C=O) groups excluding carboxylic acids is 1. The highest BCUT2D eigenvalue weighted by Gasteiger charge is 2.17. The van der Waals surface area contributed by atoms with Gasteiger partial charge in [-0.15, -0.1) is 11.3 Å². The van der Waals surface area contributed by atoms with Gasteiger partial charge in [0.2, 0.25) is 0 Å². The molecule has 0 fully saturated rings. The molecule has 106 valence electrons. The Hall–Kier alpha value is -0.170. The fourth-order valence-electron chi connectivity index (χ4n) is 1.80. The first-order valence-electron chi connectivity index (χ1n) is 6.02.